The van der Waals surface area contributed by atoms with E-state index in [2.05, 4.69) is 17.2 Å². The number of nitrogen functional groups attached to an aromatic ring is 1. The number of fused-ring (bicyclic) bond motifs is 1. The second-order valence-electron chi connectivity index (χ2n) is 5.54. The lowest BCUT2D eigenvalue weighted by atomic mass is 10.1. The molecule has 0 aromatic carbocycles. The second kappa shape index (κ2) is 5.81. The summed E-state index contributed by atoms with van der Waals surface area (Å²) in [7, 11) is 0. The van der Waals surface area contributed by atoms with E-state index in [4.69, 9.17) is 10.6 Å². The van der Waals surface area contributed by atoms with Crippen LogP contribution in [0.3, 0.4) is 0 Å². The Morgan fingerprint density at radius 2 is 2.45 bits per heavy atom. The molecule has 1 amide bonds. The Kier molecular flexibility index (Phi) is 4.07. The highest BCUT2D eigenvalue weighted by Gasteiger charge is 2.36. The number of thiophene rings is 1. The molecule has 5 nitrogen and oxygen atoms in total. The highest BCUT2D eigenvalue weighted by molar-refractivity contribution is 7.14. The Labute approximate surface area is 123 Å². The van der Waals surface area contributed by atoms with Crippen molar-refractivity contribution in [2.24, 2.45) is 5.84 Å². The smallest absolute Gasteiger partial charge is 0.275 e. The third-order valence-electron chi connectivity index (χ3n) is 4.35. The molecule has 0 spiro atoms. The third kappa shape index (κ3) is 2.61. The molecule has 110 valence electrons. The second-order valence-corrected chi connectivity index (χ2v) is 6.80. The van der Waals surface area contributed by atoms with E-state index >= 15 is 0 Å². The van der Waals surface area contributed by atoms with Gasteiger partial charge in [-0.05, 0) is 37.8 Å². The zero-order valence-electron chi connectivity index (χ0n) is 11.7. The zero-order valence-corrected chi connectivity index (χ0v) is 12.5. The van der Waals surface area contributed by atoms with E-state index in [1.54, 1.807) is 0 Å². The largest absolute Gasteiger partial charge is 0.375 e. The number of hydrogen-bond donors (Lipinski definition) is 2. The number of nitrogens with two attached hydrogens (primary N) is 1. The predicted octanol–water partition coefficient (Wildman–Crippen LogP) is 1.41. The summed E-state index contributed by atoms with van der Waals surface area (Å²) in [5, 5.41) is 0. The lowest BCUT2D eigenvalue weighted by Crippen LogP contribution is -2.47. The first-order valence-corrected chi connectivity index (χ1v) is 7.96. The number of nitrogens with zero attached hydrogens (tertiary/aromatic N) is 1. The topological polar surface area (TPSA) is 67.6 Å². The molecule has 1 aliphatic heterocycles. The van der Waals surface area contributed by atoms with Crippen LogP contribution in [0.4, 0.5) is 0 Å². The molecule has 1 aliphatic carbocycles. The van der Waals surface area contributed by atoms with Crippen LogP contribution in [0, 0.1) is 6.92 Å². The summed E-state index contributed by atoms with van der Waals surface area (Å²) in [5.41, 5.74) is 3.44. The first-order chi connectivity index (χ1) is 9.69. The van der Waals surface area contributed by atoms with E-state index in [1.807, 2.05) is 6.07 Å². The SMILES string of the molecule is Cc1sc(C(=O)NN)cc1CN1CCOC2CCCC21. The van der Waals surface area contributed by atoms with Gasteiger partial charge in [0, 0.05) is 24.0 Å². The van der Waals surface area contributed by atoms with Crippen LogP contribution in [-0.2, 0) is 11.3 Å². The number of rotatable bonds is 3. The summed E-state index contributed by atoms with van der Waals surface area (Å²) < 4.78 is 5.84. The van der Waals surface area contributed by atoms with E-state index in [1.165, 1.54) is 41.0 Å². The molecule has 2 heterocycles. The van der Waals surface area contributed by atoms with Crippen molar-refractivity contribution in [3.63, 3.8) is 0 Å². The minimum atomic E-state index is -0.204. The van der Waals surface area contributed by atoms with Gasteiger partial charge in [0.15, 0.2) is 0 Å². The molecule has 3 N–H and O–H groups in total. The van der Waals surface area contributed by atoms with Crippen LogP contribution >= 0.6 is 11.3 Å². The van der Waals surface area contributed by atoms with Crippen LogP contribution in [0.1, 0.15) is 39.4 Å². The average Bonchev–Trinajstić information content (AvgIpc) is 3.06. The lowest BCUT2D eigenvalue weighted by Gasteiger charge is -2.37. The van der Waals surface area contributed by atoms with E-state index < -0.39 is 0 Å². The summed E-state index contributed by atoms with van der Waals surface area (Å²) in [6, 6.07) is 2.52. The normalized spacial score (nSPS) is 26.5. The van der Waals surface area contributed by atoms with Crippen molar-refractivity contribution in [3.8, 4) is 0 Å². The van der Waals surface area contributed by atoms with Crippen molar-refractivity contribution in [2.45, 2.75) is 44.9 Å². The van der Waals surface area contributed by atoms with Gasteiger partial charge in [0.2, 0.25) is 0 Å². The van der Waals surface area contributed by atoms with Crippen molar-refractivity contribution < 1.29 is 9.53 Å². The molecular formula is C14H21N3O2S. The predicted molar refractivity (Wildman–Crippen MR) is 78.5 cm³/mol. The van der Waals surface area contributed by atoms with E-state index in [-0.39, 0.29) is 5.91 Å². The average molecular weight is 295 g/mol. The van der Waals surface area contributed by atoms with Crippen molar-refractivity contribution >= 4 is 17.2 Å². The highest BCUT2D eigenvalue weighted by atomic mass is 32.1. The maximum atomic E-state index is 11.6. The molecule has 1 aromatic heterocycles. The first-order valence-electron chi connectivity index (χ1n) is 7.15. The number of morpholine rings is 1. The molecule has 2 atom stereocenters. The van der Waals surface area contributed by atoms with Gasteiger partial charge in [0.25, 0.3) is 5.91 Å². The van der Waals surface area contributed by atoms with E-state index in [9.17, 15) is 4.79 Å². The van der Waals surface area contributed by atoms with Gasteiger partial charge >= 0.3 is 0 Å². The van der Waals surface area contributed by atoms with Crippen LogP contribution in [0.2, 0.25) is 0 Å². The molecule has 2 unspecified atom stereocenters. The number of nitrogens with one attached hydrogen (secondary N) is 1. The molecule has 1 saturated carbocycles. The van der Waals surface area contributed by atoms with Gasteiger partial charge in [-0.15, -0.1) is 11.3 Å². The molecule has 0 radical (unpaired) electrons. The fourth-order valence-electron chi connectivity index (χ4n) is 3.28. The minimum absolute atomic E-state index is 0.204. The lowest BCUT2D eigenvalue weighted by molar-refractivity contribution is -0.0588. The summed E-state index contributed by atoms with van der Waals surface area (Å²) in [4.78, 5) is 16.0. The molecule has 1 saturated heterocycles. The summed E-state index contributed by atoms with van der Waals surface area (Å²) in [5.74, 6) is 4.99. The monoisotopic (exact) mass is 295 g/mol. The number of hydrazine groups is 1. The van der Waals surface area contributed by atoms with Crippen molar-refractivity contribution in [3.05, 3.63) is 21.4 Å². The van der Waals surface area contributed by atoms with E-state index in [0.29, 0.717) is 17.0 Å². The Morgan fingerprint density at radius 1 is 1.60 bits per heavy atom. The van der Waals surface area contributed by atoms with Crippen LogP contribution in [0.5, 0.6) is 0 Å². The minimum Gasteiger partial charge on any atom is -0.375 e. The van der Waals surface area contributed by atoms with Crippen LogP contribution in [-0.4, -0.2) is 36.1 Å². The fraction of sp³-hybridized carbons (Fsp3) is 0.643. The zero-order chi connectivity index (χ0) is 14.1. The Hall–Kier alpha value is -0.950. The molecule has 20 heavy (non-hydrogen) atoms. The quantitative estimate of drug-likeness (QED) is 0.503. The van der Waals surface area contributed by atoms with Crippen molar-refractivity contribution in [1.82, 2.24) is 10.3 Å². The number of ether oxygens (including phenoxy) is 1. The molecule has 6 heteroatoms. The molecule has 0 bridgehead atoms. The van der Waals surface area contributed by atoms with Gasteiger partial charge in [-0.1, -0.05) is 0 Å². The van der Waals surface area contributed by atoms with Gasteiger partial charge < -0.3 is 4.74 Å². The standard InChI is InChI=1S/C14H21N3O2S/c1-9-10(7-13(20-9)14(18)16-15)8-17-5-6-19-12-4-2-3-11(12)17/h7,11-12H,2-6,8,15H2,1H3,(H,16,18). The van der Waals surface area contributed by atoms with Gasteiger partial charge in [0.1, 0.15) is 0 Å². The van der Waals surface area contributed by atoms with Gasteiger partial charge in [-0.2, -0.15) is 0 Å². The third-order valence-corrected chi connectivity index (χ3v) is 5.44. The molecular weight excluding hydrogens is 274 g/mol. The van der Waals surface area contributed by atoms with Crippen molar-refractivity contribution in [1.29, 1.82) is 0 Å². The number of carbonyl (C=O) groups is 1. The molecule has 2 aliphatic rings. The summed E-state index contributed by atoms with van der Waals surface area (Å²) >= 11 is 1.51. The molecule has 2 fully saturated rings. The summed E-state index contributed by atoms with van der Waals surface area (Å²) in [6.45, 7) is 4.78. The molecule has 3 rings (SSSR count). The Morgan fingerprint density at radius 3 is 3.25 bits per heavy atom. The Balaban J connectivity index is 1.73. The number of hydrogen-bond acceptors (Lipinski definition) is 5. The van der Waals surface area contributed by atoms with Crippen LogP contribution in [0.25, 0.3) is 0 Å². The van der Waals surface area contributed by atoms with Gasteiger partial charge in [-0.3, -0.25) is 15.1 Å². The maximum absolute atomic E-state index is 11.6. The maximum Gasteiger partial charge on any atom is 0.275 e. The highest BCUT2D eigenvalue weighted by Crippen LogP contribution is 2.32. The van der Waals surface area contributed by atoms with Crippen LogP contribution < -0.4 is 11.3 Å². The number of carbonyl (C=O) groups excluding carboxylic acids is 1. The fourth-order valence-corrected chi connectivity index (χ4v) is 4.22. The van der Waals surface area contributed by atoms with E-state index in [0.717, 1.165) is 19.7 Å². The van der Waals surface area contributed by atoms with Gasteiger partial charge in [-0.25, -0.2) is 5.84 Å². The summed E-state index contributed by atoms with van der Waals surface area (Å²) in [6.07, 6.45) is 4.08. The van der Waals surface area contributed by atoms with Gasteiger partial charge in [0.05, 0.1) is 17.6 Å². The number of amides is 1. The molecule has 1 aromatic rings. The number of aryl methyl sites for hydroxylation is 1. The first kappa shape index (κ1) is 14.0. The Bertz CT molecular complexity index is 503. The van der Waals surface area contributed by atoms with Crippen LogP contribution in [0.15, 0.2) is 6.07 Å². The van der Waals surface area contributed by atoms with Crippen molar-refractivity contribution in [2.75, 3.05) is 13.2 Å².